The van der Waals surface area contributed by atoms with Gasteiger partial charge in [-0.05, 0) is 42.7 Å². The number of fused-ring (bicyclic) bond motifs is 1. The van der Waals surface area contributed by atoms with Gasteiger partial charge in [0.15, 0.2) is 11.5 Å². The molecule has 0 amide bonds. The molecule has 0 saturated heterocycles. The second-order valence-corrected chi connectivity index (χ2v) is 5.87. The van der Waals surface area contributed by atoms with Crippen LogP contribution in [0.25, 0.3) is 5.57 Å². The molecule has 0 spiro atoms. The second kappa shape index (κ2) is 7.04. The molecule has 2 aromatic carbocycles. The summed E-state index contributed by atoms with van der Waals surface area (Å²) >= 11 is 0. The molecule has 0 saturated carbocycles. The number of Topliss-reactive ketones (excluding diaryl/α,β-unsaturated/α-hetero) is 1. The smallest absolute Gasteiger partial charge is 0.342 e. The van der Waals surface area contributed by atoms with Crippen molar-refractivity contribution in [1.29, 1.82) is 0 Å². The van der Waals surface area contributed by atoms with Gasteiger partial charge in [-0.25, -0.2) is 4.79 Å². The van der Waals surface area contributed by atoms with E-state index in [4.69, 9.17) is 14.2 Å². The van der Waals surface area contributed by atoms with Gasteiger partial charge < -0.3 is 14.2 Å². The molecular formula is C21H20O5. The van der Waals surface area contributed by atoms with Gasteiger partial charge in [0.2, 0.25) is 5.78 Å². The molecule has 0 unspecified atom stereocenters. The Kier molecular flexibility index (Phi) is 4.80. The topological polar surface area (TPSA) is 61.8 Å². The van der Waals surface area contributed by atoms with Crippen LogP contribution in [0.5, 0.6) is 11.5 Å². The van der Waals surface area contributed by atoms with E-state index in [-0.39, 0.29) is 18.0 Å². The molecule has 0 aromatic heterocycles. The van der Waals surface area contributed by atoms with Crippen molar-refractivity contribution < 1.29 is 23.8 Å². The maximum Gasteiger partial charge on any atom is 0.342 e. The number of rotatable bonds is 5. The number of methoxy groups -OCH3 is 2. The van der Waals surface area contributed by atoms with Crippen molar-refractivity contribution in [3.8, 4) is 11.5 Å². The number of hydrogen-bond donors (Lipinski definition) is 0. The third-order valence-corrected chi connectivity index (χ3v) is 4.41. The molecule has 0 fully saturated rings. The molecule has 2 aromatic rings. The van der Waals surface area contributed by atoms with Gasteiger partial charge in [-0.15, -0.1) is 0 Å². The van der Waals surface area contributed by atoms with E-state index in [1.54, 1.807) is 19.1 Å². The fourth-order valence-electron chi connectivity index (χ4n) is 3.19. The molecule has 5 nitrogen and oxygen atoms in total. The third kappa shape index (κ3) is 2.75. The fraction of sp³-hybridized carbons (Fsp3) is 0.238. The van der Waals surface area contributed by atoms with Crippen LogP contribution in [0.15, 0.2) is 42.0 Å². The van der Waals surface area contributed by atoms with Gasteiger partial charge in [-0.3, -0.25) is 4.79 Å². The van der Waals surface area contributed by atoms with Crippen LogP contribution in [-0.4, -0.2) is 32.6 Å². The highest BCUT2D eigenvalue weighted by atomic mass is 16.5. The highest BCUT2D eigenvalue weighted by Gasteiger charge is 2.37. The zero-order valence-corrected chi connectivity index (χ0v) is 15.2. The van der Waals surface area contributed by atoms with E-state index in [0.29, 0.717) is 28.2 Å². The Hall–Kier alpha value is -3.08. The Bertz CT molecular complexity index is 924. The van der Waals surface area contributed by atoms with Crippen molar-refractivity contribution in [2.24, 2.45) is 0 Å². The Morgan fingerprint density at radius 2 is 1.58 bits per heavy atom. The summed E-state index contributed by atoms with van der Waals surface area (Å²) in [5.74, 6) is -0.0494. The Morgan fingerprint density at radius 3 is 2.15 bits per heavy atom. The molecule has 0 radical (unpaired) electrons. The number of carbonyl (C=O) groups excluding carboxylic acids is 2. The average molecular weight is 352 g/mol. The molecule has 26 heavy (non-hydrogen) atoms. The summed E-state index contributed by atoms with van der Waals surface area (Å²) in [7, 11) is 3.04. The minimum atomic E-state index is -0.620. The first-order valence-electron chi connectivity index (χ1n) is 8.31. The predicted octanol–water partition coefficient (Wildman–Crippen LogP) is 3.57. The molecule has 5 heteroatoms. The molecule has 0 atom stereocenters. The molecule has 0 bridgehead atoms. The first-order chi connectivity index (χ1) is 12.5. The number of esters is 1. The lowest BCUT2D eigenvalue weighted by Crippen LogP contribution is -2.14. The van der Waals surface area contributed by atoms with Gasteiger partial charge >= 0.3 is 5.97 Å². The molecule has 1 aliphatic rings. The lowest BCUT2D eigenvalue weighted by molar-refractivity contribution is -0.137. The van der Waals surface area contributed by atoms with E-state index in [2.05, 4.69) is 0 Å². The minimum absolute atomic E-state index is 0.0476. The van der Waals surface area contributed by atoms with E-state index >= 15 is 0 Å². The van der Waals surface area contributed by atoms with Gasteiger partial charge in [0, 0.05) is 11.1 Å². The van der Waals surface area contributed by atoms with Crippen LogP contribution in [-0.2, 0) is 9.53 Å². The first kappa shape index (κ1) is 17.7. The van der Waals surface area contributed by atoms with Crippen LogP contribution in [0.3, 0.4) is 0 Å². The summed E-state index contributed by atoms with van der Waals surface area (Å²) in [6.07, 6.45) is 0. The van der Waals surface area contributed by atoms with E-state index < -0.39 is 5.97 Å². The van der Waals surface area contributed by atoms with Crippen molar-refractivity contribution >= 4 is 17.3 Å². The van der Waals surface area contributed by atoms with Crippen molar-refractivity contribution in [3.05, 3.63) is 64.2 Å². The lowest BCUT2D eigenvalue weighted by Gasteiger charge is -2.13. The van der Waals surface area contributed by atoms with E-state index in [0.717, 1.165) is 11.1 Å². The van der Waals surface area contributed by atoms with Crippen LogP contribution in [0.4, 0.5) is 0 Å². The van der Waals surface area contributed by atoms with Gasteiger partial charge in [0.25, 0.3) is 0 Å². The zero-order chi connectivity index (χ0) is 18.8. The van der Waals surface area contributed by atoms with E-state index in [1.165, 1.54) is 14.2 Å². The largest absolute Gasteiger partial charge is 0.493 e. The van der Waals surface area contributed by atoms with E-state index in [9.17, 15) is 9.59 Å². The third-order valence-electron chi connectivity index (χ3n) is 4.41. The van der Waals surface area contributed by atoms with Gasteiger partial charge in [0.05, 0.1) is 20.8 Å². The molecular weight excluding hydrogens is 332 g/mol. The van der Waals surface area contributed by atoms with Crippen LogP contribution in [0, 0.1) is 6.92 Å². The molecule has 0 N–H and O–H groups in total. The first-order valence-corrected chi connectivity index (χ1v) is 8.31. The average Bonchev–Trinajstić information content (AvgIpc) is 2.93. The van der Waals surface area contributed by atoms with Crippen LogP contribution in [0.2, 0.25) is 0 Å². The summed E-state index contributed by atoms with van der Waals surface area (Å²) in [5.41, 5.74) is 3.44. The summed E-state index contributed by atoms with van der Waals surface area (Å²) in [5, 5.41) is 0. The maximum atomic E-state index is 13.0. The highest BCUT2D eigenvalue weighted by molar-refractivity contribution is 6.35. The van der Waals surface area contributed by atoms with Gasteiger partial charge in [-0.2, -0.15) is 0 Å². The maximum absolute atomic E-state index is 13.0. The second-order valence-electron chi connectivity index (χ2n) is 5.87. The van der Waals surface area contributed by atoms with Gasteiger partial charge in [-0.1, -0.05) is 24.3 Å². The van der Waals surface area contributed by atoms with Crippen molar-refractivity contribution in [2.75, 3.05) is 20.8 Å². The molecule has 1 aliphatic carbocycles. The fourth-order valence-corrected chi connectivity index (χ4v) is 3.19. The van der Waals surface area contributed by atoms with Gasteiger partial charge in [0.1, 0.15) is 5.57 Å². The lowest BCUT2D eigenvalue weighted by atomic mass is 9.93. The Balaban J connectivity index is 2.32. The van der Waals surface area contributed by atoms with Crippen molar-refractivity contribution in [1.82, 2.24) is 0 Å². The normalized spacial score (nSPS) is 12.8. The number of hydrogen-bond acceptors (Lipinski definition) is 5. The molecule has 134 valence electrons. The Labute approximate surface area is 152 Å². The summed E-state index contributed by atoms with van der Waals surface area (Å²) in [6, 6.07) is 11.0. The number of aryl methyl sites for hydroxylation is 1. The summed E-state index contributed by atoms with van der Waals surface area (Å²) in [6.45, 7) is 3.85. The van der Waals surface area contributed by atoms with Crippen LogP contribution >= 0.6 is 0 Å². The van der Waals surface area contributed by atoms with Crippen LogP contribution < -0.4 is 9.47 Å². The number of ketones is 1. The number of benzene rings is 2. The van der Waals surface area contributed by atoms with Crippen molar-refractivity contribution in [3.63, 3.8) is 0 Å². The predicted molar refractivity (Wildman–Crippen MR) is 97.7 cm³/mol. The standard InChI is InChI=1S/C21H20O5/c1-5-26-21(23)19-18(13-9-7-6-8-12(13)2)14-10-16(24-3)17(25-4)11-15(14)20(19)22/h6-11H,5H2,1-4H3. The van der Waals surface area contributed by atoms with Crippen LogP contribution in [0.1, 0.15) is 34.0 Å². The SMILES string of the molecule is CCOC(=O)C1=C(c2ccccc2C)c2cc(OC)c(OC)cc2C1=O. The quantitative estimate of drug-likeness (QED) is 0.608. The summed E-state index contributed by atoms with van der Waals surface area (Å²) < 4.78 is 15.8. The monoisotopic (exact) mass is 352 g/mol. The highest BCUT2D eigenvalue weighted by Crippen LogP contribution is 2.43. The molecule has 0 aliphatic heterocycles. The Morgan fingerprint density at radius 1 is 0.962 bits per heavy atom. The number of carbonyl (C=O) groups is 2. The zero-order valence-electron chi connectivity index (χ0n) is 15.2. The molecule has 3 rings (SSSR count). The number of ether oxygens (including phenoxy) is 3. The summed E-state index contributed by atoms with van der Waals surface area (Å²) in [4.78, 5) is 25.6. The van der Waals surface area contributed by atoms with Crippen molar-refractivity contribution in [2.45, 2.75) is 13.8 Å². The van der Waals surface area contributed by atoms with E-state index in [1.807, 2.05) is 31.2 Å². The minimum Gasteiger partial charge on any atom is -0.493 e. The molecule has 0 heterocycles.